The standard InChI is InChI=1S/C29H27N5O3/c1-32-13-9-24(31-32)27(35)33-14-8-19(17-33)18-34-26(30-29(11-12-29)28(34)36)21-4-2-20(3-5-21)22-6-7-25-23(16-22)10-15-37-25/h2-7,9-10,13,15-16,19H,8,11-12,14,17-18H2,1H3/t19-/m1/s1. The monoisotopic (exact) mass is 493 g/mol. The van der Waals surface area contributed by atoms with E-state index in [1.807, 2.05) is 29.0 Å². The van der Waals surface area contributed by atoms with Crippen LogP contribution >= 0.6 is 0 Å². The molecule has 7 rings (SSSR count). The molecule has 0 N–H and O–H groups in total. The second-order valence-corrected chi connectivity index (χ2v) is 10.4. The molecule has 1 saturated heterocycles. The van der Waals surface area contributed by atoms with Crippen molar-refractivity contribution in [2.45, 2.75) is 24.8 Å². The molecule has 1 spiro atoms. The number of carbonyl (C=O) groups is 2. The number of hydrogen-bond acceptors (Lipinski definition) is 5. The average Bonchev–Trinajstić information content (AvgIpc) is 3.30. The number of likely N-dealkylation sites (tertiary alicyclic amines) is 1. The predicted octanol–water partition coefficient (Wildman–Crippen LogP) is 4.12. The minimum absolute atomic E-state index is 0.0485. The van der Waals surface area contributed by atoms with Crippen molar-refractivity contribution < 1.29 is 14.0 Å². The van der Waals surface area contributed by atoms with E-state index < -0.39 is 5.54 Å². The zero-order valence-corrected chi connectivity index (χ0v) is 20.6. The summed E-state index contributed by atoms with van der Waals surface area (Å²) in [6, 6.07) is 18.2. The lowest BCUT2D eigenvalue weighted by Gasteiger charge is -2.23. The number of nitrogens with zero attached hydrogens (tertiary/aromatic N) is 5. The van der Waals surface area contributed by atoms with E-state index in [9.17, 15) is 9.59 Å². The lowest BCUT2D eigenvalue weighted by atomic mass is 10.0. The van der Waals surface area contributed by atoms with E-state index in [0.29, 0.717) is 25.3 Å². The van der Waals surface area contributed by atoms with E-state index in [2.05, 4.69) is 41.5 Å². The first-order chi connectivity index (χ1) is 18.0. The molecular weight excluding hydrogens is 466 g/mol. The molecule has 1 atom stereocenters. The van der Waals surface area contributed by atoms with Crippen molar-refractivity contribution in [2.75, 3.05) is 19.6 Å². The maximum Gasteiger partial charge on any atom is 0.274 e. The van der Waals surface area contributed by atoms with Crippen molar-refractivity contribution in [1.82, 2.24) is 19.6 Å². The molecule has 2 fully saturated rings. The van der Waals surface area contributed by atoms with Crippen LogP contribution in [0.3, 0.4) is 0 Å². The van der Waals surface area contributed by atoms with E-state index in [1.54, 1.807) is 23.2 Å². The molecule has 1 saturated carbocycles. The van der Waals surface area contributed by atoms with Crippen molar-refractivity contribution in [3.05, 3.63) is 78.3 Å². The minimum atomic E-state index is -0.567. The number of benzene rings is 2. The van der Waals surface area contributed by atoms with Gasteiger partial charge in [-0.25, -0.2) is 0 Å². The number of furan rings is 1. The maximum absolute atomic E-state index is 13.4. The fraction of sp³-hybridized carbons (Fsp3) is 0.310. The highest BCUT2D eigenvalue weighted by Crippen LogP contribution is 2.46. The Balaban J connectivity index is 1.10. The number of amides is 2. The first kappa shape index (κ1) is 22.0. The Labute approximate surface area is 214 Å². The molecule has 186 valence electrons. The molecule has 4 heterocycles. The van der Waals surface area contributed by atoms with Crippen LogP contribution in [0.25, 0.3) is 22.1 Å². The molecule has 2 aliphatic heterocycles. The van der Waals surface area contributed by atoms with Gasteiger partial charge in [-0.05, 0) is 60.6 Å². The van der Waals surface area contributed by atoms with Gasteiger partial charge in [-0.15, -0.1) is 0 Å². The van der Waals surface area contributed by atoms with Gasteiger partial charge in [0.05, 0.1) is 6.26 Å². The quantitative estimate of drug-likeness (QED) is 0.419. The van der Waals surface area contributed by atoms with Crippen molar-refractivity contribution in [2.24, 2.45) is 18.0 Å². The second-order valence-electron chi connectivity index (χ2n) is 10.4. The van der Waals surface area contributed by atoms with E-state index in [4.69, 9.17) is 9.41 Å². The van der Waals surface area contributed by atoms with Crippen LogP contribution in [0.2, 0.25) is 0 Å². The maximum atomic E-state index is 13.4. The van der Waals surface area contributed by atoms with E-state index >= 15 is 0 Å². The molecule has 3 aliphatic rings. The summed E-state index contributed by atoms with van der Waals surface area (Å²) >= 11 is 0. The zero-order chi connectivity index (χ0) is 25.1. The fourth-order valence-electron chi connectivity index (χ4n) is 5.57. The van der Waals surface area contributed by atoms with Crippen LogP contribution in [0.1, 0.15) is 35.3 Å². The van der Waals surface area contributed by atoms with Gasteiger partial charge in [-0.2, -0.15) is 5.10 Å². The number of aryl methyl sites for hydroxylation is 1. The Morgan fingerprint density at radius 2 is 1.84 bits per heavy atom. The van der Waals surface area contributed by atoms with Crippen LogP contribution in [0.5, 0.6) is 0 Å². The molecule has 0 bridgehead atoms. The van der Waals surface area contributed by atoms with Gasteiger partial charge in [0.25, 0.3) is 11.8 Å². The molecule has 2 aromatic carbocycles. The van der Waals surface area contributed by atoms with Gasteiger partial charge in [0.2, 0.25) is 0 Å². The molecule has 8 heteroatoms. The number of hydrogen-bond donors (Lipinski definition) is 0. The van der Waals surface area contributed by atoms with Crippen molar-refractivity contribution in [3.63, 3.8) is 0 Å². The number of aromatic nitrogens is 2. The van der Waals surface area contributed by atoms with Gasteiger partial charge < -0.3 is 9.32 Å². The third-order valence-electron chi connectivity index (χ3n) is 7.82. The molecular formula is C29H27N5O3. The first-order valence-corrected chi connectivity index (χ1v) is 12.8. The van der Waals surface area contributed by atoms with Crippen LogP contribution in [-0.2, 0) is 11.8 Å². The summed E-state index contributed by atoms with van der Waals surface area (Å²) in [5, 5.41) is 5.32. The van der Waals surface area contributed by atoms with E-state index in [-0.39, 0.29) is 17.7 Å². The van der Waals surface area contributed by atoms with Gasteiger partial charge in [0, 0.05) is 43.8 Å². The predicted molar refractivity (Wildman–Crippen MR) is 139 cm³/mol. The fourth-order valence-corrected chi connectivity index (χ4v) is 5.57. The summed E-state index contributed by atoms with van der Waals surface area (Å²) in [7, 11) is 1.81. The van der Waals surface area contributed by atoms with Gasteiger partial charge in [0.1, 0.15) is 22.7 Å². The Bertz CT molecular complexity index is 1560. The molecule has 1 aliphatic carbocycles. The van der Waals surface area contributed by atoms with Crippen molar-refractivity contribution >= 4 is 28.6 Å². The highest BCUT2D eigenvalue weighted by molar-refractivity contribution is 6.16. The van der Waals surface area contributed by atoms with E-state index in [1.165, 1.54) is 0 Å². The lowest BCUT2D eigenvalue weighted by Crippen LogP contribution is -2.40. The smallest absolute Gasteiger partial charge is 0.274 e. The molecule has 0 radical (unpaired) electrons. The van der Waals surface area contributed by atoms with Gasteiger partial charge in [0.15, 0.2) is 0 Å². The van der Waals surface area contributed by atoms with Gasteiger partial charge >= 0.3 is 0 Å². The summed E-state index contributed by atoms with van der Waals surface area (Å²) in [6.45, 7) is 1.87. The third-order valence-corrected chi connectivity index (χ3v) is 7.82. The van der Waals surface area contributed by atoms with Crippen LogP contribution in [0, 0.1) is 5.92 Å². The Kier molecular flexibility index (Phi) is 4.86. The highest BCUT2D eigenvalue weighted by Gasteiger charge is 2.57. The Morgan fingerprint density at radius 3 is 2.59 bits per heavy atom. The summed E-state index contributed by atoms with van der Waals surface area (Å²) in [6.07, 6.45) is 5.96. The normalized spacial score (nSPS) is 20.3. The van der Waals surface area contributed by atoms with Crippen LogP contribution in [-0.4, -0.2) is 62.4 Å². The number of aliphatic imine (C=N–C) groups is 1. The topological polar surface area (TPSA) is 83.9 Å². The highest BCUT2D eigenvalue weighted by atomic mass is 16.3. The Morgan fingerprint density at radius 1 is 1.05 bits per heavy atom. The molecule has 2 aromatic heterocycles. The number of fused-ring (bicyclic) bond motifs is 1. The SMILES string of the molecule is Cn1ccc(C(=O)N2CC[C@@H](CN3C(=O)C4(CC4)N=C3c3ccc(-c4ccc5occc5c4)cc3)C2)n1. The van der Waals surface area contributed by atoms with Crippen LogP contribution in [0.15, 0.2) is 76.5 Å². The first-order valence-electron chi connectivity index (χ1n) is 12.8. The molecule has 2 amide bonds. The van der Waals surface area contributed by atoms with Crippen molar-refractivity contribution in [3.8, 4) is 11.1 Å². The Hall–Kier alpha value is -4.20. The summed E-state index contributed by atoms with van der Waals surface area (Å²) < 4.78 is 7.10. The summed E-state index contributed by atoms with van der Waals surface area (Å²) in [5.41, 5.74) is 3.93. The number of rotatable bonds is 5. The minimum Gasteiger partial charge on any atom is -0.464 e. The van der Waals surface area contributed by atoms with Gasteiger partial charge in [-0.3, -0.25) is 24.2 Å². The molecule has 4 aromatic rings. The molecule has 37 heavy (non-hydrogen) atoms. The number of carbonyl (C=O) groups excluding carboxylic acids is 2. The van der Waals surface area contributed by atoms with Crippen LogP contribution < -0.4 is 0 Å². The molecule has 0 unspecified atom stereocenters. The second kappa shape index (κ2) is 8.16. The molecule has 8 nitrogen and oxygen atoms in total. The van der Waals surface area contributed by atoms with E-state index in [0.717, 1.165) is 52.8 Å². The lowest BCUT2D eigenvalue weighted by molar-refractivity contribution is -0.128. The largest absolute Gasteiger partial charge is 0.464 e. The van der Waals surface area contributed by atoms with Crippen molar-refractivity contribution in [1.29, 1.82) is 0 Å². The van der Waals surface area contributed by atoms with Gasteiger partial charge in [-0.1, -0.05) is 30.3 Å². The zero-order valence-electron chi connectivity index (χ0n) is 20.6. The average molecular weight is 494 g/mol. The van der Waals surface area contributed by atoms with Crippen LogP contribution in [0.4, 0.5) is 0 Å². The summed E-state index contributed by atoms with van der Waals surface area (Å²) in [4.78, 5) is 34.9. The third kappa shape index (κ3) is 3.75. The number of amidine groups is 1. The summed E-state index contributed by atoms with van der Waals surface area (Å²) in [5.74, 6) is 1.02.